The van der Waals surface area contributed by atoms with Crippen molar-refractivity contribution in [1.29, 1.82) is 0 Å². The van der Waals surface area contributed by atoms with Crippen LogP contribution in [0.25, 0.3) is 10.9 Å². The van der Waals surface area contributed by atoms with Gasteiger partial charge in [-0.15, -0.1) is 0 Å². The molecular weight excluding hydrogens is 483 g/mol. The molecule has 3 heterocycles. The molecule has 1 aliphatic rings. The smallest absolute Gasteiger partial charge is 0.263 e. The van der Waals surface area contributed by atoms with Gasteiger partial charge >= 0.3 is 0 Å². The Labute approximate surface area is 211 Å². The summed E-state index contributed by atoms with van der Waals surface area (Å²) in [6, 6.07) is 14.2. The van der Waals surface area contributed by atoms with Gasteiger partial charge in [-0.25, -0.2) is 22.8 Å². The van der Waals surface area contributed by atoms with Gasteiger partial charge < -0.3 is 14.4 Å². The zero-order chi connectivity index (χ0) is 25.3. The second-order valence-corrected chi connectivity index (χ2v) is 10.3. The Kier molecular flexibility index (Phi) is 6.31. The molecule has 11 heteroatoms. The normalized spacial score (nSPS) is 15.2. The molecule has 2 aromatic carbocycles. The average Bonchev–Trinajstić information content (AvgIpc) is 3.34. The number of halogens is 1. The Balaban J connectivity index is 0.00000200. The topological polar surface area (TPSA) is 100 Å². The second kappa shape index (κ2) is 9.57. The van der Waals surface area contributed by atoms with Gasteiger partial charge in [0.25, 0.3) is 10.0 Å². The summed E-state index contributed by atoms with van der Waals surface area (Å²) in [5.41, 5.74) is 1.30. The molecule has 1 saturated heterocycles. The number of nitrogens with zero attached hydrogens (tertiary/aromatic N) is 5. The number of carbonyl (C=O) groups is 1. The number of nitrogens with one attached hydrogen (secondary N) is 1. The summed E-state index contributed by atoms with van der Waals surface area (Å²) < 4.78 is 43.7. The van der Waals surface area contributed by atoms with E-state index in [1.807, 2.05) is 12.1 Å². The van der Waals surface area contributed by atoms with E-state index >= 15 is 0 Å². The van der Waals surface area contributed by atoms with Crippen molar-refractivity contribution in [1.82, 2.24) is 19.4 Å². The van der Waals surface area contributed by atoms with E-state index in [2.05, 4.69) is 19.6 Å². The van der Waals surface area contributed by atoms with Crippen molar-refractivity contribution in [3.8, 4) is 0 Å². The Morgan fingerprint density at radius 3 is 2.50 bits per heavy atom. The van der Waals surface area contributed by atoms with Crippen LogP contribution in [0.4, 0.5) is 15.9 Å². The molecule has 0 unspecified atom stereocenters. The van der Waals surface area contributed by atoms with E-state index in [-0.39, 0.29) is 25.3 Å². The van der Waals surface area contributed by atoms with Crippen molar-refractivity contribution in [2.75, 3.05) is 35.8 Å². The molecular formula is C25H29FN6O3S. The van der Waals surface area contributed by atoms with E-state index in [9.17, 15) is 17.6 Å². The molecule has 36 heavy (non-hydrogen) atoms. The zero-order valence-corrected chi connectivity index (χ0v) is 20.4. The number of sulfonamides is 1. The SMILES string of the molecule is C[C@@H](C(=O)N1CCN(c2ccc(S(=O)(=O)Nc3ccncn3)cc2)CC1)n1ccc2cccc(F)c21.[HH].[HH]. The van der Waals surface area contributed by atoms with Gasteiger partial charge in [0.2, 0.25) is 5.91 Å². The fourth-order valence-electron chi connectivity index (χ4n) is 4.45. The van der Waals surface area contributed by atoms with Crippen LogP contribution in [0.3, 0.4) is 0 Å². The lowest BCUT2D eigenvalue weighted by Crippen LogP contribution is -2.50. The highest BCUT2D eigenvalue weighted by Crippen LogP contribution is 2.25. The van der Waals surface area contributed by atoms with E-state index in [4.69, 9.17) is 0 Å². The van der Waals surface area contributed by atoms with Crippen LogP contribution < -0.4 is 9.62 Å². The quantitative estimate of drug-likeness (QED) is 0.422. The zero-order valence-electron chi connectivity index (χ0n) is 19.6. The van der Waals surface area contributed by atoms with Gasteiger partial charge in [-0.1, -0.05) is 12.1 Å². The van der Waals surface area contributed by atoms with Crippen LogP contribution in [0.15, 0.2) is 78.2 Å². The van der Waals surface area contributed by atoms with Crippen molar-refractivity contribution in [3.05, 3.63) is 79.1 Å². The van der Waals surface area contributed by atoms with Crippen LogP contribution in [0.5, 0.6) is 0 Å². The first-order valence-electron chi connectivity index (χ1n) is 11.5. The van der Waals surface area contributed by atoms with Crippen molar-refractivity contribution in [3.63, 3.8) is 0 Å². The average molecular weight is 513 g/mol. The van der Waals surface area contributed by atoms with Crippen LogP contribution in [0, 0.1) is 5.82 Å². The summed E-state index contributed by atoms with van der Waals surface area (Å²) in [6.45, 7) is 4.02. The maximum atomic E-state index is 14.4. The highest BCUT2D eigenvalue weighted by atomic mass is 32.2. The molecule has 9 nitrogen and oxygen atoms in total. The summed E-state index contributed by atoms with van der Waals surface area (Å²) in [7, 11) is -3.77. The van der Waals surface area contributed by atoms with E-state index in [0.29, 0.717) is 31.7 Å². The van der Waals surface area contributed by atoms with Crippen LogP contribution in [-0.2, 0) is 14.8 Å². The number of anilines is 2. The number of benzene rings is 2. The minimum atomic E-state index is -3.77. The summed E-state index contributed by atoms with van der Waals surface area (Å²) >= 11 is 0. The molecule has 0 bridgehead atoms. The lowest BCUT2D eigenvalue weighted by atomic mass is 10.2. The minimum absolute atomic E-state index is 0. The largest absolute Gasteiger partial charge is 0.368 e. The van der Waals surface area contributed by atoms with Crippen molar-refractivity contribution < 1.29 is 20.5 Å². The monoisotopic (exact) mass is 512 g/mol. The molecule has 2 aromatic heterocycles. The number of hydrogen-bond acceptors (Lipinski definition) is 6. The van der Waals surface area contributed by atoms with Gasteiger partial charge in [0.05, 0.1) is 10.4 Å². The van der Waals surface area contributed by atoms with E-state index < -0.39 is 16.1 Å². The first-order valence-corrected chi connectivity index (χ1v) is 13.0. The summed E-state index contributed by atoms with van der Waals surface area (Å²) in [5, 5.41) is 0.761. The molecule has 1 aliphatic heterocycles. The molecule has 1 fully saturated rings. The number of rotatable bonds is 6. The summed E-state index contributed by atoms with van der Waals surface area (Å²) in [5.74, 6) is -0.216. The summed E-state index contributed by atoms with van der Waals surface area (Å²) in [6.07, 6.45) is 4.48. The van der Waals surface area contributed by atoms with Gasteiger partial charge in [0.1, 0.15) is 24.0 Å². The molecule has 1 atom stereocenters. The van der Waals surface area contributed by atoms with Gasteiger partial charge in [0.15, 0.2) is 0 Å². The van der Waals surface area contributed by atoms with Crippen LogP contribution >= 0.6 is 0 Å². The van der Waals surface area contributed by atoms with Crippen LogP contribution in [0.1, 0.15) is 15.8 Å². The molecule has 0 radical (unpaired) electrons. The third kappa shape index (κ3) is 4.61. The maximum absolute atomic E-state index is 14.4. The number of aromatic nitrogens is 3. The molecule has 1 amide bonds. The Hall–Kier alpha value is -3.99. The van der Waals surface area contributed by atoms with Gasteiger partial charge in [-0.2, -0.15) is 0 Å². The third-order valence-electron chi connectivity index (χ3n) is 6.39. The van der Waals surface area contributed by atoms with Gasteiger partial charge in [0, 0.05) is 52.5 Å². The number of fused-ring (bicyclic) bond motifs is 1. The number of hydrogen-bond donors (Lipinski definition) is 1. The van der Waals surface area contributed by atoms with E-state index in [0.717, 1.165) is 11.1 Å². The molecule has 1 N–H and O–H groups in total. The third-order valence-corrected chi connectivity index (χ3v) is 7.76. The number of piperazine rings is 1. The maximum Gasteiger partial charge on any atom is 0.263 e. The second-order valence-electron chi connectivity index (χ2n) is 8.58. The van der Waals surface area contributed by atoms with Crippen LogP contribution in [0.2, 0.25) is 0 Å². The molecule has 0 aliphatic carbocycles. The van der Waals surface area contributed by atoms with Crippen LogP contribution in [-0.4, -0.2) is 59.9 Å². The van der Waals surface area contributed by atoms with Crippen molar-refractivity contribution in [2.45, 2.75) is 17.9 Å². The molecule has 190 valence electrons. The van der Waals surface area contributed by atoms with E-state index in [1.165, 1.54) is 24.7 Å². The molecule has 0 spiro atoms. The predicted molar refractivity (Wildman–Crippen MR) is 139 cm³/mol. The van der Waals surface area contributed by atoms with Gasteiger partial charge in [-0.05, 0) is 49.4 Å². The molecule has 0 saturated carbocycles. The Morgan fingerprint density at radius 2 is 1.81 bits per heavy atom. The highest BCUT2D eigenvalue weighted by molar-refractivity contribution is 7.92. The molecule has 4 aromatic rings. The highest BCUT2D eigenvalue weighted by Gasteiger charge is 2.27. The predicted octanol–water partition coefficient (Wildman–Crippen LogP) is 3.77. The lowest BCUT2D eigenvalue weighted by molar-refractivity contribution is -0.134. The fraction of sp³-hybridized carbons (Fsp3) is 0.240. The number of amides is 1. The first-order chi connectivity index (χ1) is 17.3. The Bertz CT molecular complexity index is 1490. The summed E-state index contributed by atoms with van der Waals surface area (Å²) in [4.78, 5) is 24.9. The van der Waals surface area contributed by atoms with Crippen molar-refractivity contribution >= 4 is 38.3 Å². The van der Waals surface area contributed by atoms with Crippen molar-refractivity contribution in [2.24, 2.45) is 0 Å². The Morgan fingerprint density at radius 1 is 1.06 bits per heavy atom. The minimum Gasteiger partial charge on any atom is -0.368 e. The fourth-order valence-corrected chi connectivity index (χ4v) is 5.46. The first kappa shape index (κ1) is 23.7. The number of para-hydroxylation sites is 1. The van der Waals surface area contributed by atoms with Gasteiger partial charge in [-0.3, -0.25) is 9.52 Å². The lowest BCUT2D eigenvalue weighted by Gasteiger charge is -2.37. The molecule has 5 rings (SSSR count). The standard InChI is InChI=1S/C25H25FN6O3S.2H2/c1-18(32-12-10-19-3-2-4-22(26)24(19)32)25(33)31-15-13-30(14-16-31)20-5-7-21(8-6-20)36(34,35)29-23-9-11-27-17-28-23;;/h2-12,17-18H,13-16H2,1H3,(H,27,28,29);2*1H/t18-;;/m0../s1. The van der Waals surface area contributed by atoms with E-state index in [1.54, 1.807) is 52.9 Å². The number of carbonyl (C=O) groups excluding carboxylic acids is 1.